The summed E-state index contributed by atoms with van der Waals surface area (Å²) in [4.78, 5) is 2.43. The van der Waals surface area contributed by atoms with Crippen LogP contribution < -0.4 is 4.90 Å². The zero-order valence-electron chi connectivity index (χ0n) is 25.6. The van der Waals surface area contributed by atoms with Gasteiger partial charge in [0, 0.05) is 39.9 Å². The van der Waals surface area contributed by atoms with Crippen LogP contribution in [0.4, 0.5) is 11.4 Å². The number of hydrogen-bond donors (Lipinski definition) is 0. The van der Waals surface area contributed by atoms with E-state index in [9.17, 15) is 0 Å². The van der Waals surface area contributed by atoms with Gasteiger partial charge >= 0.3 is 0 Å². The van der Waals surface area contributed by atoms with E-state index in [-0.39, 0.29) is 0 Å². The second-order valence-electron chi connectivity index (χ2n) is 11.8. The van der Waals surface area contributed by atoms with Crippen molar-refractivity contribution in [2.24, 2.45) is 0 Å². The minimum Gasteiger partial charge on any atom is -0.336 e. The number of allylic oxidation sites excluding steroid dienone is 4. The fourth-order valence-electron chi connectivity index (χ4n) is 6.90. The standard InChI is InChI=1S/C43H34N2/c1-3-31(33-22-26-36(27-23-33)45-42-18-10-7-15-39(42)40-16-8-11-19-43(40)45)28-30(2)32-20-24-35(25-21-32)44-29-34-12-4-5-13-37(34)38-14-6-9-17-41(38)44/h3-28H,29H2,1-2H3/b30-28+,31-3-. The van der Waals surface area contributed by atoms with Gasteiger partial charge in [0.05, 0.1) is 11.0 Å². The molecule has 2 nitrogen and oxygen atoms in total. The Balaban J connectivity index is 1.07. The molecular formula is C43H34N2. The summed E-state index contributed by atoms with van der Waals surface area (Å²) in [5.41, 5.74) is 15.0. The number of para-hydroxylation sites is 3. The Bertz CT molecular complexity index is 2190. The molecule has 0 atom stereocenters. The van der Waals surface area contributed by atoms with Crippen molar-refractivity contribution in [1.82, 2.24) is 4.57 Å². The molecule has 0 spiro atoms. The van der Waals surface area contributed by atoms with Crippen LogP contribution in [0.1, 0.15) is 30.5 Å². The maximum Gasteiger partial charge on any atom is 0.0541 e. The van der Waals surface area contributed by atoms with E-state index in [4.69, 9.17) is 0 Å². The lowest BCUT2D eigenvalue weighted by molar-refractivity contribution is 0.961. The molecule has 0 aliphatic carbocycles. The van der Waals surface area contributed by atoms with Gasteiger partial charge in [-0.1, -0.05) is 115 Å². The highest BCUT2D eigenvalue weighted by molar-refractivity contribution is 6.09. The van der Waals surface area contributed by atoms with Crippen molar-refractivity contribution in [2.45, 2.75) is 20.4 Å². The number of aromatic nitrogens is 1. The molecule has 0 amide bonds. The summed E-state index contributed by atoms with van der Waals surface area (Å²) in [6.07, 6.45) is 4.51. The first-order valence-electron chi connectivity index (χ1n) is 15.7. The van der Waals surface area contributed by atoms with Crippen molar-refractivity contribution < 1.29 is 0 Å². The molecule has 2 heterocycles. The van der Waals surface area contributed by atoms with Crippen LogP contribution in [-0.2, 0) is 6.54 Å². The van der Waals surface area contributed by atoms with Crippen molar-refractivity contribution >= 4 is 44.3 Å². The van der Waals surface area contributed by atoms with Crippen molar-refractivity contribution in [1.29, 1.82) is 0 Å². The fraction of sp³-hybridized carbons (Fsp3) is 0.0698. The second-order valence-corrected chi connectivity index (χ2v) is 11.8. The smallest absolute Gasteiger partial charge is 0.0541 e. The predicted octanol–water partition coefficient (Wildman–Crippen LogP) is 11.6. The minimum atomic E-state index is 0.870. The van der Waals surface area contributed by atoms with Crippen molar-refractivity contribution in [2.75, 3.05) is 4.90 Å². The third kappa shape index (κ3) is 4.67. The van der Waals surface area contributed by atoms with Gasteiger partial charge in [0.25, 0.3) is 0 Å². The third-order valence-corrected chi connectivity index (χ3v) is 9.19. The van der Waals surface area contributed by atoms with E-state index >= 15 is 0 Å². The summed E-state index contributed by atoms with van der Waals surface area (Å²) in [6.45, 7) is 5.20. The molecule has 0 N–H and O–H groups in total. The Morgan fingerprint density at radius 3 is 1.80 bits per heavy atom. The van der Waals surface area contributed by atoms with Gasteiger partial charge in [-0.3, -0.25) is 0 Å². The lowest BCUT2D eigenvalue weighted by Gasteiger charge is -2.33. The first kappa shape index (κ1) is 27.0. The first-order valence-corrected chi connectivity index (χ1v) is 15.7. The van der Waals surface area contributed by atoms with Gasteiger partial charge in [-0.15, -0.1) is 0 Å². The van der Waals surface area contributed by atoms with E-state index in [0.29, 0.717) is 0 Å². The Hall–Kier alpha value is -5.60. The zero-order valence-corrected chi connectivity index (χ0v) is 25.6. The van der Waals surface area contributed by atoms with E-state index in [1.807, 2.05) is 0 Å². The third-order valence-electron chi connectivity index (χ3n) is 9.19. The highest BCUT2D eigenvalue weighted by Crippen LogP contribution is 2.42. The number of anilines is 2. The molecule has 8 rings (SSSR count). The highest BCUT2D eigenvalue weighted by atomic mass is 15.1. The van der Waals surface area contributed by atoms with Crippen LogP contribution in [0, 0.1) is 0 Å². The average molecular weight is 579 g/mol. The molecule has 0 fully saturated rings. The lowest BCUT2D eigenvalue weighted by atomic mass is 9.93. The number of rotatable bonds is 5. The molecule has 1 aromatic heterocycles. The topological polar surface area (TPSA) is 8.17 Å². The molecule has 0 unspecified atom stereocenters. The minimum absolute atomic E-state index is 0.870. The van der Waals surface area contributed by atoms with Crippen LogP contribution in [0.25, 0.3) is 49.8 Å². The largest absolute Gasteiger partial charge is 0.336 e. The summed E-state index contributed by atoms with van der Waals surface area (Å²) in [6, 6.07) is 52.8. The van der Waals surface area contributed by atoms with E-state index in [2.05, 4.69) is 181 Å². The van der Waals surface area contributed by atoms with Crippen LogP contribution in [0.3, 0.4) is 0 Å². The molecule has 0 saturated heterocycles. The number of nitrogens with zero attached hydrogens (tertiary/aromatic N) is 2. The zero-order chi connectivity index (χ0) is 30.3. The van der Waals surface area contributed by atoms with E-state index < -0.39 is 0 Å². The fourth-order valence-corrected chi connectivity index (χ4v) is 6.90. The maximum atomic E-state index is 2.43. The summed E-state index contributed by atoms with van der Waals surface area (Å²) in [5.74, 6) is 0. The van der Waals surface area contributed by atoms with Crippen LogP contribution >= 0.6 is 0 Å². The molecule has 6 aromatic carbocycles. The van der Waals surface area contributed by atoms with Crippen molar-refractivity contribution in [3.05, 3.63) is 174 Å². The molecular weight excluding hydrogens is 544 g/mol. The normalized spacial score (nSPS) is 13.2. The van der Waals surface area contributed by atoms with Crippen LogP contribution in [0.15, 0.2) is 158 Å². The van der Waals surface area contributed by atoms with Crippen molar-refractivity contribution in [3.63, 3.8) is 0 Å². The molecule has 45 heavy (non-hydrogen) atoms. The van der Waals surface area contributed by atoms with Gasteiger partial charge in [-0.2, -0.15) is 0 Å². The Morgan fingerprint density at radius 1 is 0.556 bits per heavy atom. The molecule has 1 aliphatic rings. The lowest BCUT2D eigenvalue weighted by Crippen LogP contribution is -2.21. The van der Waals surface area contributed by atoms with Gasteiger partial charge in [0.15, 0.2) is 0 Å². The summed E-state index contributed by atoms with van der Waals surface area (Å²) in [7, 11) is 0. The summed E-state index contributed by atoms with van der Waals surface area (Å²) >= 11 is 0. The van der Waals surface area contributed by atoms with E-state index in [1.54, 1.807) is 0 Å². The van der Waals surface area contributed by atoms with E-state index in [1.165, 1.54) is 77.8 Å². The van der Waals surface area contributed by atoms with Gasteiger partial charge < -0.3 is 9.47 Å². The monoisotopic (exact) mass is 578 g/mol. The number of benzene rings is 6. The molecule has 1 aliphatic heterocycles. The molecule has 0 saturated carbocycles. The van der Waals surface area contributed by atoms with Crippen LogP contribution in [-0.4, -0.2) is 4.57 Å². The van der Waals surface area contributed by atoms with Gasteiger partial charge in [0.1, 0.15) is 0 Å². The molecule has 2 heteroatoms. The second kappa shape index (κ2) is 11.2. The Morgan fingerprint density at radius 2 is 1.11 bits per heavy atom. The molecule has 0 bridgehead atoms. The molecule has 7 aromatic rings. The molecule has 216 valence electrons. The summed E-state index contributed by atoms with van der Waals surface area (Å²) in [5, 5.41) is 2.57. The Kier molecular flexibility index (Phi) is 6.69. The Labute approximate surface area is 264 Å². The quantitative estimate of drug-likeness (QED) is 0.184. The SMILES string of the molecule is C/C=C(/C=C(\C)c1ccc(N2Cc3ccccc3-c3ccccc32)cc1)c1ccc(-n2c3ccccc3c3ccccc32)cc1. The van der Waals surface area contributed by atoms with E-state index in [0.717, 1.165) is 6.54 Å². The molecule has 0 radical (unpaired) electrons. The first-order chi connectivity index (χ1) is 22.2. The predicted molar refractivity (Wildman–Crippen MR) is 192 cm³/mol. The van der Waals surface area contributed by atoms with Crippen molar-refractivity contribution in [3.8, 4) is 16.8 Å². The van der Waals surface area contributed by atoms with Crippen LogP contribution in [0.2, 0.25) is 0 Å². The van der Waals surface area contributed by atoms with Gasteiger partial charge in [-0.05, 0) is 89.7 Å². The average Bonchev–Trinajstić information content (AvgIpc) is 3.45. The van der Waals surface area contributed by atoms with Gasteiger partial charge in [0.2, 0.25) is 0 Å². The van der Waals surface area contributed by atoms with Crippen LogP contribution in [0.5, 0.6) is 0 Å². The van der Waals surface area contributed by atoms with Gasteiger partial charge in [-0.25, -0.2) is 0 Å². The maximum absolute atomic E-state index is 2.43. The number of hydrogen-bond acceptors (Lipinski definition) is 1. The summed E-state index contributed by atoms with van der Waals surface area (Å²) < 4.78 is 2.37. The highest BCUT2D eigenvalue weighted by Gasteiger charge is 2.22. The number of fused-ring (bicyclic) bond motifs is 6.